The summed E-state index contributed by atoms with van der Waals surface area (Å²) in [4.78, 5) is 4.57. The number of anilines is 6. The van der Waals surface area contributed by atoms with E-state index in [0.717, 1.165) is 143 Å². The molecule has 0 aliphatic heterocycles. The van der Waals surface area contributed by atoms with E-state index < -0.39 is 14.7 Å². The number of nitrogens with zero attached hydrogens (tertiary/aromatic N) is 4. The average molecular weight is 1020 g/mol. The first-order valence-corrected chi connectivity index (χ1v) is 28.1. The van der Waals surface area contributed by atoms with Crippen molar-refractivity contribution >= 4 is 146 Å². The van der Waals surface area contributed by atoms with Crippen molar-refractivity contribution < 1.29 is 17.7 Å². The summed E-state index contributed by atoms with van der Waals surface area (Å²) in [6.45, 7) is 0. The van der Waals surface area contributed by atoms with Crippen LogP contribution in [0.4, 0.5) is 34.1 Å². The van der Waals surface area contributed by atoms with Gasteiger partial charge in [-0.05, 0) is 97.1 Å². The number of rotatable bonds is 8. The first-order chi connectivity index (χ1) is 37.7. The standard InChI is InChI=1S/C66H40N4O4P2/c1-7-21-41(22-8-1)67(42-23-9-2-10-24-42)47-37-53-63-55(39-47)73-59-57-66-60(58-65(59)75(63)61-49(33-19-35-51(61)71-53)70(58)46-31-17-6-18-32-46)74-56-40-48(68(43-25-11-3-12-26-43)44-27-13-4-14-28-44)38-54-64(56)76(66)62-50(34-20-36-52(62)72-54)69(57)45-29-15-5-16-30-45/h1-40H. The molecule has 0 bridgehead atoms. The molecule has 0 saturated carbocycles. The molecule has 6 heterocycles. The Labute approximate surface area is 434 Å². The third-order valence-electron chi connectivity index (χ3n) is 15.1. The monoisotopic (exact) mass is 1010 g/mol. The molecule has 17 aromatic rings. The lowest BCUT2D eigenvalue weighted by molar-refractivity contribution is 0.647. The first kappa shape index (κ1) is 41.8. The van der Waals surface area contributed by atoms with Crippen LogP contribution in [0.25, 0.3) is 109 Å². The van der Waals surface area contributed by atoms with Crippen LogP contribution < -0.4 is 9.80 Å². The summed E-state index contributed by atoms with van der Waals surface area (Å²) in [5.74, 6) is 0. The molecule has 0 spiro atoms. The Bertz CT molecular complexity index is 4700. The minimum absolute atomic E-state index is 0.774. The predicted molar refractivity (Wildman–Crippen MR) is 315 cm³/mol. The van der Waals surface area contributed by atoms with Gasteiger partial charge in [-0.1, -0.05) is 136 Å². The maximum Gasteiger partial charge on any atom is 0.166 e. The zero-order valence-electron chi connectivity index (χ0n) is 40.4. The number of para-hydroxylation sites is 6. The minimum Gasteiger partial charge on any atom is -0.455 e. The molecule has 8 nitrogen and oxygen atoms in total. The molecule has 0 fully saturated rings. The van der Waals surface area contributed by atoms with Gasteiger partial charge in [0.25, 0.3) is 0 Å². The number of aromatic nitrogens is 2. The van der Waals surface area contributed by atoms with Gasteiger partial charge < -0.3 is 36.6 Å². The van der Waals surface area contributed by atoms with Crippen molar-refractivity contribution in [3.8, 4) is 11.4 Å². The SMILES string of the molecule is c1ccc(N(c2ccccc2)c2cc3oc4cccc5c4p4c3c(c2)oc2c3c6c(oc7cc(N(c8ccccc8)c8ccccc8)cc8oc9cccc(c9p6c87)n3-c3ccccc3)c(c24)n5-c2ccccc2)cc1. The lowest BCUT2D eigenvalue weighted by Gasteiger charge is -2.28. The zero-order valence-corrected chi connectivity index (χ0v) is 42.2. The highest BCUT2D eigenvalue weighted by molar-refractivity contribution is 7.65. The summed E-state index contributed by atoms with van der Waals surface area (Å²) in [6.07, 6.45) is 0. The van der Waals surface area contributed by atoms with Gasteiger partial charge in [0.1, 0.15) is 44.5 Å². The van der Waals surface area contributed by atoms with Gasteiger partial charge >= 0.3 is 0 Å². The maximum atomic E-state index is 7.87. The second-order valence-corrected chi connectivity index (χ2v) is 23.3. The summed E-state index contributed by atoms with van der Waals surface area (Å²) >= 11 is 0. The number of hydrogen-bond donors (Lipinski definition) is 0. The van der Waals surface area contributed by atoms with Crippen LogP contribution in [0.5, 0.6) is 0 Å². The second-order valence-electron chi connectivity index (χ2n) is 19.3. The molecule has 10 heteroatoms. The average Bonchev–Trinajstić information content (AvgIpc) is 3.66. The Morgan fingerprint density at radius 1 is 0.263 bits per heavy atom. The highest BCUT2D eigenvalue weighted by Crippen LogP contribution is 2.63. The second kappa shape index (κ2) is 16.0. The summed E-state index contributed by atoms with van der Waals surface area (Å²) < 4.78 is 35.0. The molecule has 0 aliphatic carbocycles. The van der Waals surface area contributed by atoms with E-state index in [2.05, 4.69) is 262 Å². The number of hydrogen-bond acceptors (Lipinski definition) is 6. The summed E-state index contributed by atoms with van der Waals surface area (Å²) in [5.41, 5.74) is 18.5. The molecule has 6 aromatic heterocycles. The number of benzene rings is 11. The molecule has 0 radical (unpaired) electrons. The van der Waals surface area contributed by atoms with Crippen LogP contribution in [-0.2, 0) is 0 Å². The summed E-state index contributed by atoms with van der Waals surface area (Å²) in [7, 11) is -2.65. The molecule has 76 heavy (non-hydrogen) atoms. The van der Waals surface area contributed by atoms with E-state index in [1.165, 1.54) is 0 Å². The van der Waals surface area contributed by atoms with E-state index in [-0.39, 0.29) is 0 Å². The van der Waals surface area contributed by atoms with Crippen molar-refractivity contribution in [2.45, 2.75) is 0 Å². The highest BCUT2D eigenvalue weighted by atomic mass is 31.1. The van der Waals surface area contributed by atoms with Crippen molar-refractivity contribution in [3.63, 3.8) is 0 Å². The Morgan fingerprint density at radius 3 is 0.921 bits per heavy atom. The Morgan fingerprint density at radius 2 is 0.579 bits per heavy atom. The first-order valence-electron chi connectivity index (χ1n) is 25.4. The van der Waals surface area contributed by atoms with Crippen molar-refractivity contribution in [3.05, 3.63) is 243 Å². The minimum atomic E-state index is -1.33. The normalized spacial score (nSPS) is 12.7. The Hall–Kier alpha value is -9.58. The van der Waals surface area contributed by atoms with Gasteiger partial charge in [0, 0.05) is 58.4 Å². The topological polar surface area (TPSA) is 68.9 Å². The quantitative estimate of drug-likeness (QED) is 0.112. The fourth-order valence-corrected chi connectivity index (χ4v) is 17.8. The summed E-state index contributed by atoms with van der Waals surface area (Å²) in [6, 6.07) is 85.4. The molecule has 0 aliphatic rings. The van der Waals surface area contributed by atoms with E-state index in [9.17, 15) is 0 Å². The van der Waals surface area contributed by atoms with Gasteiger partial charge in [0.15, 0.2) is 11.2 Å². The molecular weight excluding hydrogens is 975 g/mol. The molecule has 2 atom stereocenters. The van der Waals surface area contributed by atoms with Crippen LogP contribution >= 0.6 is 14.7 Å². The van der Waals surface area contributed by atoms with Gasteiger partial charge in [0.05, 0.1) is 53.1 Å². The predicted octanol–water partition coefficient (Wildman–Crippen LogP) is 20.7. The lowest BCUT2D eigenvalue weighted by Crippen LogP contribution is -2.10. The Balaban J connectivity index is 1.13. The molecular formula is C66H40N4O4P2. The van der Waals surface area contributed by atoms with Crippen molar-refractivity contribution in [1.82, 2.24) is 9.13 Å². The molecule has 358 valence electrons. The molecule has 0 saturated heterocycles. The van der Waals surface area contributed by atoms with E-state index in [1.54, 1.807) is 0 Å². The molecule has 0 amide bonds. The largest absolute Gasteiger partial charge is 0.455 e. The van der Waals surface area contributed by atoms with Crippen LogP contribution in [0.2, 0.25) is 0 Å². The van der Waals surface area contributed by atoms with Crippen LogP contribution in [0.15, 0.2) is 260 Å². The van der Waals surface area contributed by atoms with Crippen LogP contribution in [0.1, 0.15) is 0 Å². The molecule has 2 unspecified atom stereocenters. The van der Waals surface area contributed by atoms with Crippen molar-refractivity contribution in [1.29, 1.82) is 0 Å². The molecule has 17 rings (SSSR count). The highest BCUT2D eigenvalue weighted by Gasteiger charge is 2.33. The lowest BCUT2D eigenvalue weighted by atomic mass is 10.1. The fraction of sp³-hybridized carbons (Fsp3) is 0. The Kier molecular flexibility index (Phi) is 8.79. The van der Waals surface area contributed by atoms with E-state index in [1.807, 2.05) is 0 Å². The third-order valence-corrected chi connectivity index (χ3v) is 20.3. The van der Waals surface area contributed by atoms with Gasteiger partial charge in [-0.15, -0.1) is 0 Å². The van der Waals surface area contributed by atoms with Crippen LogP contribution in [0, 0.1) is 0 Å². The van der Waals surface area contributed by atoms with Gasteiger partial charge in [0.2, 0.25) is 0 Å². The van der Waals surface area contributed by atoms with E-state index in [4.69, 9.17) is 17.7 Å². The third kappa shape index (κ3) is 5.85. The van der Waals surface area contributed by atoms with Crippen LogP contribution in [-0.4, -0.2) is 9.13 Å². The van der Waals surface area contributed by atoms with Gasteiger partial charge in [-0.3, -0.25) is 0 Å². The van der Waals surface area contributed by atoms with Gasteiger partial charge in [-0.25, -0.2) is 0 Å². The van der Waals surface area contributed by atoms with Crippen LogP contribution in [0.3, 0.4) is 0 Å². The van der Waals surface area contributed by atoms with Crippen molar-refractivity contribution in [2.75, 3.05) is 9.80 Å². The summed E-state index contributed by atoms with van der Waals surface area (Å²) in [5, 5.41) is 6.60. The van der Waals surface area contributed by atoms with E-state index in [0.29, 0.717) is 0 Å². The van der Waals surface area contributed by atoms with Gasteiger partial charge in [-0.2, -0.15) is 0 Å². The zero-order chi connectivity index (χ0) is 49.6. The smallest absolute Gasteiger partial charge is 0.166 e. The molecule has 0 N–H and O–H groups in total. The number of fused-ring (bicyclic) bond motifs is 2. The fourth-order valence-electron chi connectivity index (χ4n) is 12.1. The molecule has 11 aromatic carbocycles. The van der Waals surface area contributed by atoms with E-state index >= 15 is 0 Å². The van der Waals surface area contributed by atoms with Crippen molar-refractivity contribution in [2.24, 2.45) is 0 Å². The maximum absolute atomic E-state index is 7.87.